The second kappa shape index (κ2) is 8.02. The van der Waals surface area contributed by atoms with Crippen molar-refractivity contribution < 1.29 is 9.59 Å². The first kappa shape index (κ1) is 19.1. The summed E-state index contributed by atoms with van der Waals surface area (Å²) in [5.74, 6) is -0.547. The Morgan fingerprint density at radius 1 is 1.17 bits per heavy atom. The van der Waals surface area contributed by atoms with Gasteiger partial charge in [0, 0.05) is 16.1 Å². The van der Waals surface area contributed by atoms with Crippen LogP contribution in [0.2, 0.25) is 5.02 Å². The van der Waals surface area contributed by atoms with Gasteiger partial charge in [-0.1, -0.05) is 23.7 Å². The van der Waals surface area contributed by atoms with E-state index in [1.54, 1.807) is 48.1 Å². The van der Waals surface area contributed by atoms with Crippen molar-refractivity contribution in [3.05, 3.63) is 69.6 Å². The van der Waals surface area contributed by atoms with E-state index < -0.39 is 5.92 Å². The third-order valence-electron chi connectivity index (χ3n) is 4.39. The molecule has 2 amide bonds. The third kappa shape index (κ3) is 4.28. The second-order valence-electron chi connectivity index (χ2n) is 6.41. The molecule has 3 N–H and O–H groups in total. The van der Waals surface area contributed by atoms with Crippen molar-refractivity contribution >= 4 is 57.4 Å². The molecule has 1 atom stereocenters. The number of H-pyrrole nitrogens is 1. The first-order chi connectivity index (χ1) is 14.0. The Balaban J connectivity index is 1.48. The number of carbonyl (C=O) groups excluding carboxylic acids is 2. The molecular weight excluding hydrogens is 410 g/mol. The van der Waals surface area contributed by atoms with E-state index in [9.17, 15) is 9.59 Å². The van der Waals surface area contributed by atoms with Crippen LogP contribution in [0.1, 0.15) is 28.9 Å². The average molecular weight is 426 g/mol. The number of amides is 2. The van der Waals surface area contributed by atoms with Crippen molar-refractivity contribution in [2.75, 3.05) is 10.6 Å². The molecule has 0 fully saturated rings. The maximum atomic E-state index is 12.6. The van der Waals surface area contributed by atoms with Crippen LogP contribution < -0.4 is 10.6 Å². The molecule has 0 aliphatic carbocycles. The van der Waals surface area contributed by atoms with Crippen molar-refractivity contribution in [1.29, 1.82) is 0 Å². The highest BCUT2D eigenvalue weighted by atomic mass is 35.5. The average Bonchev–Trinajstić information content (AvgIpc) is 3.36. The fraction of sp³-hybridized carbons (Fsp3) is 0.100. The van der Waals surface area contributed by atoms with Gasteiger partial charge in [-0.15, -0.1) is 11.3 Å². The number of rotatable bonds is 5. The minimum absolute atomic E-state index is 0.205. The molecule has 146 valence electrons. The van der Waals surface area contributed by atoms with E-state index in [4.69, 9.17) is 11.6 Å². The molecule has 0 unspecified atom stereocenters. The van der Waals surface area contributed by atoms with Gasteiger partial charge >= 0.3 is 0 Å². The number of aromatic nitrogens is 3. The van der Waals surface area contributed by atoms with Gasteiger partial charge in [-0.3, -0.25) is 14.9 Å². The van der Waals surface area contributed by atoms with Gasteiger partial charge in [-0.25, -0.2) is 9.97 Å². The molecule has 0 radical (unpaired) electrons. The van der Waals surface area contributed by atoms with Crippen LogP contribution in [-0.2, 0) is 4.79 Å². The van der Waals surface area contributed by atoms with E-state index >= 15 is 0 Å². The zero-order valence-corrected chi connectivity index (χ0v) is 16.8. The van der Waals surface area contributed by atoms with Gasteiger partial charge in [0.25, 0.3) is 5.91 Å². The highest BCUT2D eigenvalue weighted by Gasteiger charge is 2.17. The molecule has 2 aromatic heterocycles. The molecule has 0 aliphatic rings. The largest absolute Gasteiger partial charge is 0.324 e. The number of nitrogens with zero attached hydrogens (tertiary/aromatic N) is 2. The maximum Gasteiger partial charge on any atom is 0.275 e. The highest BCUT2D eigenvalue weighted by molar-refractivity contribution is 7.07. The van der Waals surface area contributed by atoms with Crippen LogP contribution in [0.5, 0.6) is 0 Å². The predicted octanol–water partition coefficient (Wildman–Crippen LogP) is 4.67. The van der Waals surface area contributed by atoms with Crippen LogP contribution in [0.25, 0.3) is 11.0 Å². The lowest BCUT2D eigenvalue weighted by molar-refractivity contribution is -0.117. The summed E-state index contributed by atoms with van der Waals surface area (Å²) in [5.41, 5.74) is 4.74. The Morgan fingerprint density at radius 2 is 2.03 bits per heavy atom. The number of carbonyl (C=O) groups is 2. The van der Waals surface area contributed by atoms with Gasteiger partial charge in [0.1, 0.15) is 5.69 Å². The lowest BCUT2D eigenvalue weighted by Crippen LogP contribution is -2.19. The SMILES string of the molecule is C[C@H](C(=O)Nc1nc2ccc(NC(=O)c3cscn3)cc2[nH]1)c1cccc(Cl)c1. The topological polar surface area (TPSA) is 99.8 Å². The Labute approximate surface area is 175 Å². The number of benzene rings is 2. The van der Waals surface area contributed by atoms with Crippen LogP contribution in [-0.4, -0.2) is 26.8 Å². The lowest BCUT2D eigenvalue weighted by atomic mass is 10.0. The summed E-state index contributed by atoms with van der Waals surface area (Å²) in [7, 11) is 0. The molecule has 0 saturated heterocycles. The first-order valence-electron chi connectivity index (χ1n) is 8.75. The molecule has 0 spiro atoms. The molecule has 7 nitrogen and oxygen atoms in total. The van der Waals surface area contributed by atoms with E-state index in [-0.39, 0.29) is 11.8 Å². The van der Waals surface area contributed by atoms with Crippen LogP contribution in [0.15, 0.2) is 53.4 Å². The summed E-state index contributed by atoms with van der Waals surface area (Å²) in [6.07, 6.45) is 0. The fourth-order valence-corrected chi connectivity index (χ4v) is 3.55. The summed E-state index contributed by atoms with van der Waals surface area (Å²) >= 11 is 7.36. The number of fused-ring (bicyclic) bond motifs is 1. The number of anilines is 2. The standard InChI is InChI=1S/C20H16ClN5O2S/c1-11(12-3-2-4-13(21)7-12)18(27)26-20-24-15-6-5-14(8-16(15)25-20)23-19(28)17-9-29-10-22-17/h2-11H,1H3,(H,23,28)(H2,24,25,26,27)/t11-/m0/s1. The quantitative estimate of drug-likeness (QED) is 0.432. The van der Waals surface area contributed by atoms with E-state index in [0.717, 1.165) is 5.56 Å². The van der Waals surface area contributed by atoms with Gasteiger partial charge in [0.2, 0.25) is 11.9 Å². The Kier molecular flexibility index (Phi) is 5.28. The molecule has 4 aromatic rings. The molecule has 9 heteroatoms. The molecule has 0 saturated carbocycles. The van der Waals surface area contributed by atoms with Gasteiger partial charge in [-0.2, -0.15) is 0 Å². The summed E-state index contributed by atoms with van der Waals surface area (Å²) in [5, 5.41) is 7.84. The van der Waals surface area contributed by atoms with Gasteiger partial charge in [0.15, 0.2) is 0 Å². The molecule has 2 heterocycles. The van der Waals surface area contributed by atoms with Crippen LogP contribution in [0, 0.1) is 0 Å². The summed E-state index contributed by atoms with van der Waals surface area (Å²) in [6.45, 7) is 1.80. The summed E-state index contributed by atoms with van der Waals surface area (Å²) in [6, 6.07) is 12.5. The van der Waals surface area contributed by atoms with Crippen molar-refractivity contribution in [2.45, 2.75) is 12.8 Å². The number of hydrogen-bond donors (Lipinski definition) is 3. The number of aromatic amines is 1. The van der Waals surface area contributed by atoms with E-state index in [1.165, 1.54) is 11.3 Å². The molecule has 0 bridgehead atoms. The zero-order valence-electron chi connectivity index (χ0n) is 15.3. The van der Waals surface area contributed by atoms with Gasteiger partial charge in [-0.05, 0) is 42.8 Å². The Hall–Kier alpha value is -3.23. The van der Waals surface area contributed by atoms with E-state index in [0.29, 0.717) is 33.4 Å². The van der Waals surface area contributed by atoms with Gasteiger partial charge < -0.3 is 10.3 Å². The smallest absolute Gasteiger partial charge is 0.275 e. The number of nitrogens with one attached hydrogen (secondary N) is 3. The minimum Gasteiger partial charge on any atom is -0.324 e. The number of imidazole rings is 1. The minimum atomic E-state index is -0.394. The predicted molar refractivity (Wildman–Crippen MR) is 115 cm³/mol. The zero-order chi connectivity index (χ0) is 20.4. The van der Waals surface area contributed by atoms with Crippen LogP contribution in [0.3, 0.4) is 0 Å². The number of thiazole rings is 1. The van der Waals surface area contributed by atoms with Crippen LogP contribution in [0.4, 0.5) is 11.6 Å². The Bertz CT molecular complexity index is 1190. The first-order valence-corrected chi connectivity index (χ1v) is 10.1. The van der Waals surface area contributed by atoms with Crippen molar-refractivity contribution in [2.24, 2.45) is 0 Å². The van der Waals surface area contributed by atoms with E-state index in [2.05, 4.69) is 25.6 Å². The monoisotopic (exact) mass is 425 g/mol. The molecule has 29 heavy (non-hydrogen) atoms. The van der Waals surface area contributed by atoms with Crippen molar-refractivity contribution in [3.63, 3.8) is 0 Å². The third-order valence-corrected chi connectivity index (χ3v) is 5.21. The lowest BCUT2D eigenvalue weighted by Gasteiger charge is -2.11. The van der Waals surface area contributed by atoms with E-state index in [1.807, 2.05) is 12.1 Å². The van der Waals surface area contributed by atoms with Crippen molar-refractivity contribution in [1.82, 2.24) is 15.0 Å². The molecule has 0 aliphatic heterocycles. The normalized spacial score (nSPS) is 11.9. The number of hydrogen-bond acceptors (Lipinski definition) is 5. The molecule has 4 rings (SSSR count). The highest BCUT2D eigenvalue weighted by Crippen LogP contribution is 2.23. The Morgan fingerprint density at radius 3 is 2.79 bits per heavy atom. The maximum absolute atomic E-state index is 12.6. The molecule has 2 aromatic carbocycles. The summed E-state index contributed by atoms with van der Waals surface area (Å²) < 4.78 is 0. The summed E-state index contributed by atoms with van der Waals surface area (Å²) in [4.78, 5) is 36.1. The van der Waals surface area contributed by atoms with Crippen molar-refractivity contribution in [3.8, 4) is 0 Å². The fourth-order valence-electron chi connectivity index (χ4n) is 2.82. The van der Waals surface area contributed by atoms with Crippen LogP contribution >= 0.6 is 22.9 Å². The second-order valence-corrected chi connectivity index (χ2v) is 7.57. The van der Waals surface area contributed by atoms with Gasteiger partial charge in [0.05, 0.1) is 22.5 Å². The number of halogens is 1. The molecular formula is C20H16ClN5O2S.